The van der Waals surface area contributed by atoms with E-state index in [1.807, 2.05) is 4.57 Å². The third-order valence-electron chi connectivity index (χ3n) is 3.99. The highest BCUT2D eigenvalue weighted by Crippen LogP contribution is 2.32. The molecule has 1 aliphatic rings. The van der Waals surface area contributed by atoms with Gasteiger partial charge in [-0.3, -0.25) is 4.79 Å². The Hall–Kier alpha value is -1.55. The molecular formula is C16H18N2OS. The fourth-order valence-electron chi connectivity index (χ4n) is 2.54. The zero-order chi connectivity index (χ0) is 14.1. The van der Waals surface area contributed by atoms with Gasteiger partial charge >= 0.3 is 0 Å². The number of hydrogen-bond acceptors (Lipinski definition) is 3. The first kappa shape index (κ1) is 13.4. The summed E-state index contributed by atoms with van der Waals surface area (Å²) in [5.74, 6) is 1.58. The lowest BCUT2D eigenvalue weighted by atomic mass is 9.97. The summed E-state index contributed by atoms with van der Waals surface area (Å²) in [7, 11) is 0. The van der Waals surface area contributed by atoms with Crippen molar-refractivity contribution >= 4 is 18.0 Å². The molecule has 0 aliphatic carbocycles. The summed E-state index contributed by atoms with van der Waals surface area (Å²) in [6.07, 6.45) is 2.06. The Bertz CT molecular complexity index is 631. The Balaban J connectivity index is 1.99. The van der Waals surface area contributed by atoms with E-state index in [1.165, 1.54) is 5.56 Å². The monoisotopic (exact) mass is 286 g/mol. The Labute approximate surface area is 123 Å². The minimum absolute atomic E-state index is 0.567. The van der Waals surface area contributed by atoms with Crippen molar-refractivity contribution in [2.45, 2.75) is 37.9 Å². The summed E-state index contributed by atoms with van der Waals surface area (Å²) in [5.41, 5.74) is 3.89. The fourth-order valence-corrected chi connectivity index (χ4v) is 3.49. The summed E-state index contributed by atoms with van der Waals surface area (Å²) >= 11 is 1.72. The molecule has 0 amide bonds. The lowest BCUT2D eigenvalue weighted by Crippen LogP contribution is -2.00. The van der Waals surface area contributed by atoms with Crippen LogP contribution in [0.3, 0.4) is 0 Å². The number of aldehydes is 1. The van der Waals surface area contributed by atoms with Gasteiger partial charge in [0.25, 0.3) is 0 Å². The number of benzene rings is 1. The Kier molecular flexibility index (Phi) is 3.66. The lowest BCUT2D eigenvalue weighted by molar-refractivity contribution is 0.111. The number of carbonyl (C=O) groups excluding carboxylic acids is 1. The highest BCUT2D eigenvalue weighted by atomic mass is 32.2. The molecule has 0 bridgehead atoms. The maximum Gasteiger partial charge on any atom is 0.169 e. The number of nitrogens with zero attached hydrogens (tertiary/aromatic N) is 2. The molecule has 1 aromatic heterocycles. The topological polar surface area (TPSA) is 34.9 Å². The van der Waals surface area contributed by atoms with Crippen molar-refractivity contribution in [1.82, 2.24) is 9.55 Å². The van der Waals surface area contributed by atoms with Gasteiger partial charge in [0.15, 0.2) is 11.4 Å². The fraction of sp³-hybridized carbons (Fsp3) is 0.375. The van der Waals surface area contributed by atoms with Crippen LogP contribution in [0.25, 0.3) is 11.3 Å². The maximum absolute atomic E-state index is 11.4. The van der Waals surface area contributed by atoms with Crippen LogP contribution in [0.15, 0.2) is 29.4 Å². The molecule has 0 spiro atoms. The molecule has 1 aromatic carbocycles. The van der Waals surface area contributed by atoms with Gasteiger partial charge in [-0.05, 0) is 17.9 Å². The van der Waals surface area contributed by atoms with Crippen LogP contribution < -0.4 is 0 Å². The van der Waals surface area contributed by atoms with Crippen LogP contribution in [0, 0.1) is 0 Å². The largest absolute Gasteiger partial charge is 0.315 e. The lowest BCUT2D eigenvalue weighted by Gasteiger charge is -2.09. The van der Waals surface area contributed by atoms with Crippen molar-refractivity contribution in [2.24, 2.45) is 0 Å². The number of aromatic nitrogens is 2. The van der Waals surface area contributed by atoms with Crippen molar-refractivity contribution in [3.05, 3.63) is 35.5 Å². The second-order valence-electron chi connectivity index (χ2n) is 5.18. The van der Waals surface area contributed by atoms with Gasteiger partial charge < -0.3 is 4.57 Å². The van der Waals surface area contributed by atoms with Gasteiger partial charge in [-0.25, -0.2) is 4.98 Å². The number of imidazole rings is 1. The van der Waals surface area contributed by atoms with E-state index in [4.69, 9.17) is 0 Å². The average Bonchev–Trinajstić information content (AvgIpc) is 3.06. The van der Waals surface area contributed by atoms with Crippen LogP contribution in [0.2, 0.25) is 0 Å². The van der Waals surface area contributed by atoms with Crippen LogP contribution in [0.4, 0.5) is 0 Å². The van der Waals surface area contributed by atoms with Crippen molar-refractivity contribution in [2.75, 3.05) is 5.75 Å². The zero-order valence-corrected chi connectivity index (χ0v) is 12.6. The Morgan fingerprint density at radius 3 is 2.80 bits per heavy atom. The van der Waals surface area contributed by atoms with Crippen LogP contribution in [0.1, 0.15) is 42.2 Å². The third-order valence-corrected chi connectivity index (χ3v) is 4.95. The van der Waals surface area contributed by atoms with Crippen molar-refractivity contribution in [3.8, 4) is 11.3 Å². The minimum Gasteiger partial charge on any atom is -0.315 e. The summed E-state index contributed by atoms with van der Waals surface area (Å²) in [4.78, 5) is 16.0. The number of rotatable bonds is 4. The molecule has 104 valence electrons. The summed E-state index contributed by atoms with van der Waals surface area (Å²) in [5, 5.41) is 0.966. The highest BCUT2D eigenvalue weighted by Gasteiger charge is 2.22. The van der Waals surface area contributed by atoms with E-state index >= 15 is 0 Å². The first-order valence-corrected chi connectivity index (χ1v) is 8.02. The average molecular weight is 286 g/mol. The standard InChI is InChI=1S/C16H18N2OS/c1-3-11(2)12-4-6-13(7-5-12)15-14(10-19)18-8-9-20-16(18)17-15/h4-7,10-11H,3,8-9H2,1-2H3. The summed E-state index contributed by atoms with van der Waals surface area (Å²) in [6.45, 7) is 5.31. The van der Waals surface area contributed by atoms with Crippen LogP contribution in [-0.4, -0.2) is 21.6 Å². The molecule has 20 heavy (non-hydrogen) atoms. The molecule has 1 atom stereocenters. The van der Waals surface area contributed by atoms with Crippen LogP contribution in [-0.2, 0) is 6.54 Å². The van der Waals surface area contributed by atoms with Gasteiger partial charge in [0.2, 0.25) is 0 Å². The van der Waals surface area contributed by atoms with Gasteiger partial charge in [0.05, 0.1) is 0 Å². The Morgan fingerprint density at radius 2 is 2.15 bits per heavy atom. The molecule has 3 rings (SSSR count). The van der Waals surface area contributed by atoms with E-state index in [2.05, 4.69) is 43.1 Å². The number of hydrogen-bond donors (Lipinski definition) is 0. The molecule has 0 fully saturated rings. The summed E-state index contributed by atoms with van der Waals surface area (Å²) < 4.78 is 2.02. The second-order valence-corrected chi connectivity index (χ2v) is 6.24. The first-order valence-electron chi connectivity index (χ1n) is 7.03. The summed E-state index contributed by atoms with van der Waals surface area (Å²) in [6, 6.07) is 8.46. The molecule has 0 radical (unpaired) electrons. The third kappa shape index (κ3) is 2.18. The van der Waals surface area contributed by atoms with Crippen LogP contribution in [0.5, 0.6) is 0 Å². The number of fused-ring (bicyclic) bond motifs is 1. The van der Waals surface area contributed by atoms with Gasteiger partial charge in [0, 0.05) is 17.9 Å². The van der Waals surface area contributed by atoms with E-state index in [0.717, 1.165) is 41.4 Å². The van der Waals surface area contributed by atoms with Gasteiger partial charge in [-0.15, -0.1) is 0 Å². The molecule has 0 saturated carbocycles. The van der Waals surface area contributed by atoms with E-state index in [1.54, 1.807) is 11.8 Å². The van der Waals surface area contributed by atoms with Crippen molar-refractivity contribution in [1.29, 1.82) is 0 Å². The number of thioether (sulfide) groups is 1. The number of carbonyl (C=O) groups is 1. The molecule has 1 unspecified atom stereocenters. The smallest absolute Gasteiger partial charge is 0.169 e. The predicted octanol–water partition coefficient (Wildman–Crippen LogP) is 3.98. The molecule has 0 N–H and O–H groups in total. The molecule has 2 heterocycles. The molecule has 1 aliphatic heterocycles. The minimum atomic E-state index is 0.567. The van der Waals surface area contributed by atoms with E-state index in [-0.39, 0.29) is 0 Å². The quantitative estimate of drug-likeness (QED) is 0.797. The predicted molar refractivity (Wildman–Crippen MR) is 82.5 cm³/mol. The molecular weight excluding hydrogens is 268 g/mol. The second kappa shape index (κ2) is 5.44. The van der Waals surface area contributed by atoms with Crippen molar-refractivity contribution < 1.29 is 4.79 Å². The van der Waals surface area contributed by atoms with E-state index in [9.17, 15) is 4.79 Å². The zero-order valence-electron chi connectivity index (χ0n) is 11.8. The van der Waals surface area contributed by atoms with Gasteiger partial charge in [-0.1, -0.05) is 49.9 Å². The first-order chi connectivity index (χ1) is 9.74. The molecule has 4 heteroatoms. The van der Waals surface area contributed by atoms with Crippen molar-refractivity contribution in [3.63, 3.8) is 0 Å². The van der Waals surface area contributed by atoms with E-state index < -0.39 is 0 Å². The van der Waals surface area contributed by atoms with Gasteiger partial charge in [-0.2, -0.15) is 0 Å². The van der Waals surface area contributed by atoms with Gasteiger partial charge in [0.1, 0.15) is 11.4 Å². The molecule has 3 nitrogen and oxygen atoms in total. The Morgan fingerprint density at radius 1 is 1.40 bits per heavy atom. The van der Waals surface area contributed by atoms with E-state index in [0.29, 0.717) is 11.6 Å². The maximum atomic E-state index is 11.4. The highest BCUT2D eigenvalue weighted by molar-refractivity contribution is 7.99. The van der Waals surface area contributed by atoms with Crippen LogP contribution >= 0.6 is 11.8 Å². The SMILES string of the molecule is CCC(C)c1ccc(-c2nc3n(c2C=O)CCS3)cc1. The molecule has 2 aromatic rings. The molecule has 0 saturated heterocycles. The normalized spacial score (nSPS) is 15.1.